The van der Waals surface area contributed by atoms with E-state index in [1.54, 1.807) is 30.6 Å². The number of aromatic nitrogens is 3. The number of methoxy groups -OCH3 is 1. The predicted octanol–water partition coefficient (Wildman–Crippen LogP) is 6.06. The van der Waals surface area contributed by atoms with E-state index in [1.807, 2.05) is 23.6 Å². The van der Waals surface area contributed by atoms with Crippen molar-refractivity contribution < 1.29 is 13.5 Å². The van der Waals surface area contributed by atoms with Crippen LogP contribution in [0.5, 0.6) is 5.75 Å². The highest BCUT2D eigenvalue weighted by Gasteiger charge is 2.13. The van der Waals surface area contributed by atoms with Crippen molar-refractivity contribution >= 4 is 39.0 Å². The van der Waals surface area contributed by atoms with Gasteiger partial charge < -0.3 is 9.15 Å². The van der Waals surface area contributed by atoms with Crippen molar-refractivity contribution in [3.05, 3.63) is 63.8 Å². The number of halogens is 2. The third kappa shape index (κ3) is 4.26. The molecule has 2 aromatic carbocycles. The maximum Gasteiger partial charge on any atom is 0.277 e. The third-order valence-electron chi connectivity index (χ3n) is 3.78. The zero-order valence-corrected chi connectivity index (χ0v) is 17.8. The van der Waals surface area contributed by atoms with Crippen LogP contribution in [0, 0.1) is 5.82 Å². The van der Waals surface area contributed by atoms with Gasteiger partial charge in [-0.3, -0.25) is 0 Å². The highest BCUT2D eigenvalue weighted by molar-refractivity contribution is 9.10. The molecule has 2 heterocycles. The van der Waals surface area contributed by atoms with Crippen LogP contribution >= 0.6 is 39.0 Å². The minimum Gasteiger partial charge on any atom is -0.496 e. The van der Waals surface area contributed by atoms with Gasteiger partial charge in [-0.25, -0.2) is 9.37 Å². The lowest BCUT2D eigenvalue weighted by Crippen LogP contribution is -1.88. The Bertz CT molecular complexity index is 1100. The van der Waals surface area contributed by atoms with Gasteiger partial charge in [-0.05, 0) is 42.5 Å². The van der Waals surface area contributed by atoms with Crippen LogP contribution in [0.15, 0.2) is 62.0 Å². The first-order chi connectivity index (χ1) is 13.6. The standard InChI is InChI=1S/C19H13BrFN3O2S2/c1-25-16-7-4-12(20)8-15(16)18-22-14(9-27-18)10-28-19-24-23-17(26-19)11-2-5-13(21)6-3-11/h2-9H,10H2,1H3. The molecular formula is C19H13BrFN3O2S2. The van der Waals surface area contributed by atoms with Gasteiger partial charge in [0.05, 0.1) is 18.4 Å². The summed E-state index contributed by atoms with van der Waals surface area (Å²) in [4.78, 5) is 4.69. The molecule has 5 nitrogen and oxygen atoms in total. The molecule has 0 atom stereocenters. The van der Waals surface area contributed by atoms with Gasteiger partial charge in [-0.2, -0.15) is 0 Å². The highest BCUT2D eigenvalue weighted by Crippen LogP contribution is 2.35. The maximum absolute atomic E-state index is 13.0. The second-order valence-corrected chi connectivity index (χ2v) is 8.36. The number of rotatable bonds is 6. The lowest BCUT2D eigenvalue weighted by molar-refractivity contribution is 0.416. The van der Waals surface area contributed by atoms with Crippen LogP contribution in [-0.4, -0.2) is 22.3 Å². The van der Waals surface area contributed by atoms with Gasteiger partial charge in [0.25, 0.3) is 5.22 Å². The molecule has 0 aliphatic heterocycles. The molecule has 28 heavy (non-hydrogen) atoms. The number of hydrogen-bond acceptors (Lipinski definition) is 7. The molecule has 0 saturated heterocycles. The zero-order valence-electron chi connectivity index (χ0n) is 14.6. The van der Waals surface area contributed by atoms with Crippen LogP contribution in [0.3, 0.4) is 0 Å². The lowest BCUT2D eigenvalue weighted by Gasteiger charge is -2.06. The van der Waals surface area contributed by atoms with E-state index in [9.17, 15) is 4.39 Å². The molecule has 0 radical (unpaired) electrons. The van der Waals surface area contributed by atoms with E-state index in [1.165, 1.54) is 23.9 Å². The van der Waals surface area contributed by atoms with Crippen molar-refractivity contribution in [2.75, 3.05) is 7.11 Å². The first kappa shape index (κ1) is 19.1. The van der Waals surface area contributed by atoms with Crippen molar-refractivity contribution in [1.82, 2.24) is 15.2 Å². The largest absolute Gasteiger partial charge is 0.496 e. The Kier molecular flexibility index (Phi) is 5.74. The molecule has 4 rings (SSSR count). The van der Waals surface area contributed by atoms with E-state index >= 15 is 0 Å². The lowest BCUT2D eigenvalue weighted by atomic mass is 10.2. The Morgan fingerprint density at radius 3 is 2.79 bits per heavy atom. The normalized spacial score (nSPS) is 11.0. The van der Waals surface area contributed by atoms with Crippen molar-refractivity contribution in [2.45, 2.75) is 11.0 Å². The summed E-state index contributed by atoms with van der Waals surface area (Å²) in [5, 5.41) is 11.4. The monoisotopic (exact) mass is 477 g/mol. The molecule has 0 fully saturated rings. The molecule has 2 aromatic heterocycles. The number of thiazole rings is 1. The smallest absolute Gasteiger partial charge is 0.277 e. The summed E-state index contributed by atoms with van der Waals surface area (Å²) in [6.45, 7) is 0. The van der Waals surface area contributed by atoms with Gasteiger partial charge in [0.2, 0.25) is 5.89 Å². The highest BCUT2D eigenvalue weighted by atomic mass is 79.9. The average Bonchev–Trinajstić information content (AvgIpc) is 3.36. The molecule has 0 aliphatic carbocycles. The Labute approximate surface area is 177 Å². The van der Waals surface area contributed by atoms with Gasteiger partial charge in [-0.1, -0.05) is 27.7 Å². The van der Waals surface area contributed by atoms with Gasteiger partial charge in [-0.15, -0.1) is 21.5 Å². The predicted molar refractivity (Wildman–Crippen MR) is 111 cm³/mol. The summed E-state index contributed by atoms with van der Waals surface area (Å²) in [6, 6.07) is 11.8. The van der Waals surface area contributed by atoms with Gasteiger partial charge in [0.1, 0.15) is 16.6 Å². The molecule has 0 unspecified atom stereocenters. The van der Waals surface area contributed by atoms with E-state index in [0.29, 0.717) is 22.4 Å². The molecule has 0 bridgehead atoms. The quantitative estimate of drug-likeness (QED) is 0.314. The van der Waals surface area contributed by atoms with Crippen molar-refractivity contribution in [2.24, 2.45) is 0 Å². The Hall–Kier alpha value is -2.23. The first-order valence-corrected chi connectivity index (χ1v) is 10.8. The molecule has 4 aromatic rings. The van der Waals surface area contributed by atoms with Crippen LogP contribution in [0.1, 0.15) is 5.69 Å². The van der Waals surface area contributed by atoms with Crippen LogP contribution in [0.4, 0.5) is 4.39 Å². The minimum absolute atomic E-state index is 0.306. The summed E-state index contributed by atoms with van der Waals surface area (Å²) >= 11 is 6.44. The zero-order chi connectivity index (χ0) is 19.5. The first-order valence-electron chi connectivity index (χ1n) is 8.13. The van der Waals surface area contributed by atoms with Crippen molar-refractivity contribution in [3.8, 4) is 27.8 Å². The van der Waals surface area contributed by atoms with Crippen LogP contribution in [-0.2, 0) is 5.75 Å². The average molecular weight is 478 g/mol. The fourth-order valence-electron chi connectivity index (χ4n) is 2.46. The summed E-state index contributed by atoms with van der Waals surface area (Å²) < 4.78 is 25.1. The fourth-order valence-corrected chi connectivity index (χ4v) is 4.42. The van der Waals surface area contributed by atoms with Crippen LogP contribution in [0.25, 0.3) is 22.0 Å². The number of nitrogens with zero attached hydrogens (tertiary/aromatic N) is 3. The molecule has 0 aliphatic rings. The fraction of sp³-hybridized carbons (Fsp3) is 0.105. The molecule has 0 amide bonds. The molecule has 0 spiro atoms. The number of ether oxygens (including phenoxy) is 1. The van der Waals surface area contributed by atoms with E-state index in [4.69, 9.17) is 9.15 Å². The Morgan fingerprint density at radius 2 is 2.00 bits per heavy atom. The van der Waals surface area contributed by atoms with Crippen molar-refractivity contribution in [3.63, 3.8) is 0 Å². The van der Waals surface area contributed by atoms with E-state index < -0.39 is 0 Å². The van der Waals surface area contributed by atoms with Crippen molar-refractivity contribution in [1.29, 1.82) is 0 Å². The molecule has 0 saturated carbocycles. The van der Waals surface area contributed by atoms with Crippen LogP contribution < -0.4 is 4.74 Å². The minimum atomic E-state index is -0.306. The van der Waals surface area contributed by atoms with Gasteiger partial charge in [0, 0.05) is 21.2 Å². The third-order valence-corrected chi connectivity index (χ3v) is 6.05. The summed E-state index contributed by atoms with van der Waals surface area (Å²) in [7, 11) is 1.64. The molecule has 0 N–H and O–H groups in total. The molecule has 9 heteroatoms. The number of benzene rings is 2. The van der Waals surface area contributed by atoms with Gasteiger partial charge >= 0.3 is 0 Å². The van der Waals surface area contributed by atoms with E-state index in [-0.39, 0.29) is 5.82 Å². The molecular weight excluding hydrogens is 465 g/mol. The maximum atomic E-state index is 13.0. The number of thioether (sulfide) groups is 1. The topological polar surface area (TPSA) is 61.0 Å². The van der Waals surface area contributed by atoms with Gasteiger partial charge in [0.15, 0.2) is 0 Å². The molecule has 142 valence electrons. The summed E-state index contributed by atoms with van der Waals surface area (Å²) in [5.74, 6) is 1.43. The van der Waals surface area contributed by atoms with E-state index in [2.05, 4.69) is 31.1 Å². The number of hydrogen-bond donors (Lipinski definition) is 0. The van der Waals surface area contributed by atoms with E-state index in [0.717, 1.165) is 26.5 Å². The second-order valence-electron chi connectivity index (χ2n) is 5.66. The summed E-state index contributed by atoms with van der Waals surface area (Å²) in [6.07, 6.45) is 0. The summed E-state index contributed by atoms with van der Waals surface area (Å²) in [5.41, 5.74) is 2.53. The SMILES string of the molecule is COc1ccc(Br)cc1-c1nc(CSc2nnc(-c3ccc(F)cc3)o2)cs1. The Morgan fingerprint density at radius 1 is 1.18 bits per heavy atom. The van der Waals surface area contributed by atoms with Crippen LogP contribution in [0.2, 0.25) is 0 Å². The second kappa shape index (κ2) is 8.42. The Balaban J connectivity index is 1.46.